The molecule has 2 aromatic rings. The maximum atomic E-state index is 13.2. The highest BCUT2D eigenvalue weighted by molar-refractivity contribution is 6.30. The van der Waals surface area contributed by atoms with Gasteiger partial charge in [0.05, 0.1) is 0 Å². The Morgan fingerprint density at radius 3 is 2.52 bits per heavy atom. The zero-order valence-electron chi connectivity index (χ0n) is 18.3. The molecule has 0 heterocycles. The van der Waals surface area contributed by atoms with Crippen molar-refractivity contribution >= 4 is 23.4 Å². The van der Waals surface area contributed by atoms with Crippen LogP contribution in [0, 0.1) is 6.92 Å². The van der Waals surface area contributed by atoms with E-state index in [1.165, 1.54) is 0 Å². The van der Waals surface area contributed by atoms with Crippen molar-refractivity contribution in [1.29, 1.82) is 0 Å². The number of benzene rings is 2. The number of hydrogen-bond donors (Lipinski definition) is 1. The van der Waals surface area contributed by atoms with Crippen molar-refractivity contribution in [1.82, 2.24) is 10.2 Å². The molecule has 166 valence electrons. The van der Waals surface area contributed by atoms with E-state index in [0.717, 1.165) is 36.8 Å². The van der Waals surface area contributed by atoms with Crippen LogP contribution in [-0.4, -0.2) is 35.4 Å². The lowest BCUT2D eigenvalue weighted by atomic mass is 10.1. The molecule has 0 saturated heterocycles. The fraction of sp³-hybridized carbons (Fsp3) is 0.440. The van der Waals surface area contributed by atoms with Gasteiger partial charge in [0.1, 0.15) is 11.8 Å². The fourth-order valence-electron chi connectivity index (χ4n) is 3.96. The first kappa shape index (κ1) is 23.1. The number of halogens is 1. The average Bonchev–Trinajstić information content (AvgIpc) is 3.26. The molecule has 0 radical (unpaired) electrons. The summed E-state index contributed by atoms with van der Waals surface area (Å²) >= 11 is 6.01. The molecule has 3 rings (SSSR count). The summed E-state index contributed by atoms with van der Waals surface area (Å²) < 4.78 is 5.69. The largest absolute Gasteiger partial charge is 0.484 e. The lowest BCUT2D eigenvalue weighted by molar-refractivity contribution is -0.143. The second-order valence-electron chi connectivity index (χ2n) is 8.17. The molecule has 1 atom stereocenters. The van der Waals surface area contributed by atoms with Crippen molar-refractivity contribution in [3.63, 3.8) is 0 Å². The fourth-order valence-corrected chi connectivity index (χ4v) is 4.14. The minimum atomic E-state index is -0.544. The maximum Gasteiger partial charge on any atom is 0.261 e. The third-order valence-corrected chi connectivity index (χ3v) is 5.95. The molecule has 1 aliphatic rings. The summed E-state index contributed by atoms with van der Waals surface area (Å²) in [6.07, 6.45) is 4.83. The molecule has 6 heteroatoms. The molecule has 31 heavy (non-hydrogen) atoms. The first-order valence-electron chi connectivity index (χ1n) is 11.0. The van der Waals surface area contributed by atoms with E-state index in [9.17, 15) is 9.59 Å². The number of ether oxygens (including phenoxy) is 1. The van der Waals surface area contributed by atoms with E-state index in [1.807, 2.05) is 38.1 Å². The number of nitrogens with one attached hydrogen (secondary N) is 1. The zero-order chi connectivity index (χ0) is 22.2. The molecule has 1 unspecified atom stereocenters. The van der Waals surface area contributed by atoms with Crippen molar-refractivity contribution in [2.75, 3.05) is 6.61 Å². The quantitative estimate of drug-likeness (QED) is 0.601. The van der Waals surface area contributed by atoms with Crippen LogP contribution in [0.25, 0.3) is 0 Å². The van der Waals surface area contributed by atoms with E-state index in [1.54, 1.807) is 29.2 Å². The van der Waals surface area contributed by atoms with E-state index < -0.39 is 6.04 Å². The van der Waals surface area contributed by atoms with E-state index in [4.69, 9.17) is 16.3 Å². The molecule has 1 saturated carbocycles. The van der Waals surface area contributed by atoms with Gasteiger partial charge in [-0.25, -0.2) is 0 Å². The van der Waals surface area contributed by atoms with Crippen LogP contribution in [0.5, 0.6) is 5.75 Å². The summed E-state index contributed by atoms with van der Waals surface area (Å²) in [5, 5.41) is 3.70. The first-order valence-corrected chi connectivity index (χ1v) is 11.4. The second kappa shape index (κ2) is 11.2. The van der Waals surface area contributed by atoms with Gasteiger partial charge in [0.25, 0.3) is 5.91 Å². The highest BCUT2D eigenvalue weighted by Crippen LogP contribution is 2.20. The van der Waals surface area contributed by atoms with Gasteiger partial charge in [0.2, 0.25) is 5.91 Å². The Morgan fingerprint density at radius 1 is 1.16 bits per heavy atom. The van der Waals surface area contributed by atoms with Gasteiger partial charge in [-0.2, -0.15) is 0 Å². The molecule has 5 nitrogen and oxygen atoms in total. The van der Waals surface area contributed by atoms with Gasteiger partial charge in [-0.05, 0) is 49.9 Å². The smallest absolute Gasteiger partial charge is 0.261 e. The van der Waals surface area contributed by atoms with Crippen molar-refractivity contribution in [2.24, 2.45) is 0 Å². The highest BCUT2D eigenvalue weighted by Gasteiger charge is 2.30. The molecule has 0 spiro atoms. The highest BCUT2D eigenvalue weighted by atomic mass is 35.5. The number of nitrogens with zero attached hydrogens (tertiary/aromatic N) is 1. The molecule has 0 aliphatic heterocycles. The first-order chi connectivity index (χ1) is 15.0. The summed E-state index contributed by atoms with van der Waals surface area (Å²) in [5.41, 5.74) is 2.13. The summed E-state index contributed by atoms with van der Waals surface area (Å²) in [7, 11) is 0. The van der Waals surface area contributed by atoms with Gasteiger partial charge < -0.3 is 15.0 Å². The van der Waals surface area contributed by atoms with E-state index >= 15 is 0 Å². The Balaban J connectivity index is 1.75. The zero-order valence-corrected chi connectivity index (χ0v) is 19.0. The second-order valence-corrected chi connectivity index (χ2v) is 8.60. The number of carbonyl (C=O) groups excluding carboxylic acids is 2. The van der Waals surface area contributed by atoms with Crippen LogP contribution in [0.3, 0.4) is 0 Å². The molecule has 0 aromatic heterocycles. The van der Waals surface area contributed by atoms with Crippen LogP contribution in [0.2, 0.25) is 5.02 Å². The molecule has 0 bridgehead atoms. The van der Waals surface area contributed by atoms with Gasteiger partial charge in [0, 0.05) is 17.6 Å². The van der Waals surface area contributed by atoms with Crippen molar-refractivity contribution in [2.45, 2.75) is 64.6 Å². The van der Waals surface area contributed by atoms with Gasteiger partial charge in [0.15, 0.2) is 6.61 Å². The summed E-state index contributed by atoms with van der Waals surface area (Å²) in [6.45, 7) is 4.16. The lowest BCUT2D eigenvalue weighted by Crippen LogP contribution is -2.52. The van der Waals surface area contributed by atoms with E-state index in [2.05, 4.69) is 5.32 Å². The van der Waals surface area contributed by atoms with Gasteiger partial charge in [-0.15, -0.1) is 0 Å². The number of aryl methyl sites for hydroxylation is 1. The molecular weight excluding hydrogens is 412 g/mol. The normalized spacial score (nSPS) is 14.8. The van der Waals surface area contributed by atoms with Gasteiger partial charge >= 0.3 is 0 Å². The van der Waals surface area contributed by atoms with E-state index in [-0.39, 0.29) is 24.5 Å². The number of hydrogen-bond acceptors (Lipinski definition) is 3. The van der Waals surface area contributed by atoms with Gasteiger partial charge in [-0.1, -0.05) is 67.3 Å². The van der Waals surface area contributed by atoms with Crippen LogP contribution in [-0.2, 0) is 16.1 Å². The Morgan fingerprint density at radius 2 is 1.87 bits per heavy atom. The topological polar surface area (TPSA) is 58.6 Å². The van der Waals surface area contributed by atoms with Crippen LogP contribution in [0.15, 0.2) is 48.5 Å². The minimum Gasteiger partial charge on any atom is -0.484 e. The predicted molar refractivity (Wildman–Crippen MR) is 123 cm³/mol. The number of amides is 2. The Hall–Kier alpha value is -2.53. The number of rotatable bonds is 9. The Kier molecular flexibility index (Phi) is 8.35. The SMILES string of the molecule is CCC(C(=O)NC1CCCC1)N(Cc1ccc(C)cc1)C(=O)COc1cccc(Cl)c1. The van der Waals surface area contributed by atoms with Crippen LogP contribution < -0.4 is 10.1 Å². The van der Waals surface area contributed by atoms with Crippen LogP contribution in [0.1, 0.15) is 50.2 Å². The average molecular weight is 443 g/mol. The van der Waals surface area contributed by atoms with Crippen molar-refractivity contribution in [3.05, 3.63) is 64.7 Å². The Bertz CT molecular complexity index is 879. The van der Waals surface area contributed by atoms with Crippen molar-refractivity contribution in [3.8, 4) is 5.75 Å². The third kappa shape index (κ3) is 6.73. The maximum absolute atomic E-state index is 13.2. The molecule has 1 aliphatic carbocycles. The standard InChI is InChI=1S/C25H31ClN2O3/c1-3-23(25(30)27-21-8-4-5-9-21)28(16-19-13-11-18(2)12-14-19)24(29)17-31-22-10-6-7-20(26)15-22/h6-7,10-15,21,23H,3-5,8-9,16-17H2,1-2H3,(H,27,30). The number of carbonyl (C=O) groups is 2. The molecule has 2 amide bonds. The molecule has 2 aromatic carbocycles. The predicted octanol–water partition coefficient (Wildman–Crippen LogP) is 4.89. The molecule has 1 N–H and O–H groups in total. The molecular formula is C25H31ClN2O3. The monoisotopic (exact) mass is 442 g/mol. The molecule has 1 fully saturated rings. The summed E-state index contributed by atoms with van der Waals surface area (Å²) in [6, 6.07) is 14.6. The lowest BCUT2D eigenvalue weighted by Gasteiger charge is -2.31. The summed E-state index contributed by atoms with van der Waals surface area (Å²) in [5.74, 6) is 0.214. The van der Waals surface area contributed by atoms with Crippen LogP contribution in [0.4, 0.5) is 0 Å². The summed E-state index contributed by atoms with van der Waals surface area (Å²) in [4.78, 5) is 27.9. The van der Waals surface area contributed by atoms with E-state index in [0.29, 0.717) is 23.7 Å². The van der Waals surface area contributed by atoms with Crippen molar-refractivity contribution < 1.29 is 14.3 Å². The Labute approximate surface area is 189 Å². The third-order valence-electron chi connectivity index (χ3n) is 5.72. The van der Waals surface area contributed by atoms with Crippen LogP contribution >= 0.6 is 11.6 Å². The van der Waals surface area contributed by atoms with Gasteiger partial charge in [-0.3, -0.25) is 9.59 Å². The minimum absolute atomic E-state index is 0.0855.